The van der Waals surface area contributed by atoms with Gasteiger partial charge in [0.15, 0.2) is 0 Å². The summed E-state index contributed by atoms with van der Waals surface area (Å²) in [6, 6.07) is 9.09. The van der Waals surface area contributed by atoms with Crippen LogP contribution in [0.4, 0.5) is 17.1 Å². The van der Waals surface area contributed by atoms with Gasteiger partial charge in [0.05, 0.1) is 21.6 Å². The molecule has 0 bridgehead atoms. The van der Waals surface area contributed by atoms with Crippen molar-refractivity contribution in [1.82, 2.24) is 0 Å². The van der Waals surface area contributed by atoms with Crippen LogP contribution in [0, 0.1) is 17.0 Å². The van der Waals surface area contributed by atoms with Crippen molar-refractivity contribution in [3.63, 3.8) is 0 Å². The van der Waals surface area contributed by atoms with E-state index < -0.39 is 33.6 Å². The molecule has 11 heteroatoms. The Morgan fingerprint density at radius 1 is 1.16 bits per heavy atom. The molecule has 166 valence electrons. The van der Waals surface area contributed by atoms with Crippen molar-refractivity contribution >= 4 is 39.0 Å². The third-order valence-electron chi connectivity index (χ3n) is 4.06. The van der Waals surface area contributed by atoms with Gasteiger partial charge in [-0.3, -0.25) is 24.0 Å². The predicted molar refractivity (Wildman–Crippen MR) is 114 cm³/mol. The largest absolute Gasteiger partial charge is 0.462 e. The monoisotopic (exact) mass is 449 g/mol. The summed E-state index contributed by atoms with van der Waals surface area (Å²) in [6.45, 7) is 5.48. The lowest BCUT2D eigenvalue weighted by Gasteiger charge is -2.25. The van der Waals surface area contributed by atoms with Gasteiger partial charge in [-0.2, -0.15) is 0 Å². The van der Waals surface area contributed by atoms with Crippen LogP contribution in [0.2, 0.25) is 0 Å². The SMILES string of the molecule is CC(=O)Nc1ccc(S(=O)(=O)N(CC(=O)OC(C)C)c2ccc([N+](=O)[O-])cc2C)cc1. The van der Waals surface area contributed by atoms with E-state index in [1.165, 1.54) is 56.3 Å². The number of nitrogens with one attached hydrogen (secondary N) is 1. The molecule has 2 rings (SSSR count). The number of nitro groups is 1. The Hall–Kier alpha value is -3.47. The number of hydrogen-bond acceptors (Lipinski definition) is 7. The van der Waals surface area contributed by atoms with Crippen LogP contribution in [0.25, 0.3) is 0 Å². The summed E-state index contributed by atoms with van der Waals surface area (Å²) in [5.41, 5.74) is 0.606. The Morgan fingerprint density at radius 3 is 2.26 bits per heavy atom. The molecule has 10 nitrogen and oxygen atoms in total. The van der Waals surface area contributed by atoms with E-state index in [2.05, 4.69) is 5.32 Å². The van der Waals surface area contributed by atoms with Gasteiger partial charge >= 0.3 is 5.97 Å². The summed E-state index contributed by atoms with van der Waals surface area (Å²) in [5, 5.41) is 13.6. The number of rotatable bonds is 8. The van der Waals surface area contributed by atoms with Crippen LogP contribution in [0.5, 0.6) is 0 Å². The molecular formula is C20H23N3O7S. The van der Waals surface area contributed by atoms with Gasteiger partial charge in [-0.15, -0.1) is 0 Å². The van der Waals surface area contributed by atoms with Gasteiger partial charge in [0.1, 0.15) is 6.54 Å². The third-order valence-corrected chi connectivity index (χ3v) is 5.84. The van der Waals surface area contributed by atoms with Crippen LogP contribution in [-0.4, -0.2) is 37.9 Å². The highest BCUT2D eigenvalue weighted by molar-refractivity contribution is 7.92. The van der Waals surface area contributed by atoms with Gasteiger partial charge in [-0.25, -0.2) is 8.42 Å². The second-order valence-electron chi connectivity index (χ2n) is 6.98. The minimum atomic E-state index is -4.24. The highest BCUT2D eigenvalue weighted by atomic mass is 32.2. The molecule has 0 saturated carbocycles. The average Bonchev–Trinajstić information content (AvgIpc) is 2.65. The number of benzene rings is 2. The molecule has 0 aromatic heterocycles. The number of non-ortho nitro benzene ring substituents is 1. The van der Waals surface area contributed by atoms with Gasteiger partial charge in [0, 0.05) is 24.7 Å². The molecule has 0 spiro atoms. The Labute approximate surface area is 180 Å². The number of ether oxygens (including phenoxy) is 1. The first-order chi connectivity index (χ1) is 14.4. The number of carbonyl (C=O) groups is 2. The van der Waals surface area contributed by atoms with Crippen molar-refractivity contribution in [3.8, 4) is 0 Å². The van der Waals surface area contributed by atoms with Gasteiger partial charge in [-0.1, -0.05) is 0 Å². The standard InChI is InChI=1S/C20H23N3O7S/c1-13(2)30-20(25)12-22(19-10-7-17(23(26)27)11-14(19)3)31(28,29)18-8-5-16(6-9-18)21-15(4)24/h5-11,13H,12H2,1-4H3,(H,21,24). The molecule has 1 N–H and O–H groups in total. The van der Waals surface area contributed by atoms with E-state index in [0.717, 1.165) is 4.31 Å². The molecule has 0 aliphatic rings. The summed E-state index contributed by atoms with van der Waals surface area (Å²) in [6.07, 6.45) is -0.452. The molecule has 2 aromatic carbocycles. The van der Waals surface area contributed by atoms with E-state index in [9.17, 15) is 28.1 Å². The second-order valence-corrected chi connectivity index (χ2v) is 8.85. The van der Waals surface area contributed by atoms with Gasteiger partial charge < -0.3 is 10.1 Å². The van der Waals surface area contributed by atoms with Gasteiger partial charge in [0.2, 0.25) is 5.91 Å². The number of nitrogens with zero attached hydrogens (tertiary/aromatic N) is 2. The van der Waals surface area contributed by atoms with Crippen molar-refractivity contribution < 1.29 is 27.7 Å². The molecule has 0 aliphatic heterocycles. The van der Waals surface area contributed by atoms with Crippen molar-refractivity contribution in [2.45, 2.75) is 38.7 Å². The van der Waals surface area contributed by atoms with Crippen LogP contribution < -0.4 is 9.62 Å². The Morgan fingerprint density at radius 2 is 1.77 bits per heavy atom. The van der Waals surface area contributed by atoms with Gasteiger partial charge in [0.25, 0.3) is 15.7 Å². The molecule has 2 aromatic rings. The molecule has 0 atom stereocenters. The fraction of sp³-hybridized carbons (Fsp3) is 0.300. The molecule has 0 heterocycles. The van der Waals surface area contributed by atoms with E-state index in [1.807, 2.05) is 0 Å². The Kier molecular flexibility index (Phi) is 7.34. The average molecular weight is 449 g/mol. The van der Waals surface area contributed by atoms with Crippen molar-refractivity contribution in [1.29, 1.82) is 0 Å². The third kappa shape index (κ3) is 6.01. The van der Waals surface area contributed by atoms with Crippen LogP contribution in [0.1, 0.15) is 26.3 Å². The Balaban J connectivity index is 2.52. The van der Waals surface area contributed by atoms with Crippen LogP contribution in [-0.2, 0) is 24.3 Å². The molecule has 31 heavy (non-hydrogen) atoms. The topological polar surface area (TPSA) is 136 Å². The summed E-state index contributed by atoms with van der Waals surface area (Å²) in [5.74, 6) is -1.08. The molecule has 0 radical (unpaired) electrons. The summed E-state index contributed by atoms with van der Waals surface area (Å²) in [4.78, 5) is 33.8. The highest BCUT2D eigenvalue weighted by Crippen LogP contribution is 2.30. The zero-order chi connectivity index (χ0) is 23.3. The lowest BCUT2D eigenvalue weighted by atomic mass is 10.2. The zero-order valence-electron chi connectivity index (χ0n) is 17.5. The maximum atomic E-state index is 13.4. The number of amides is 1. The first-order valence-corrected chi connectivity index (χ1v) is 10.7. The lowest BCUT2D eigenvalue weighted by molar-refractivity contribution is -0.384. The van der Waals surface area contributed by atoms with E-state index in [0.29, 0.717) is 11.3 Å². The number of esters is 1. The molecule has 0 fully saturated rings. The quantitative estimate of drug-likeness (QED) is 0.372. The molecule has 0 unspecified atom stereocenters. The fourth-order valence-electron chi connectivity index (χ4n) is 2.79. The summed E-state index contributed by atoms with van der Waals surface area (Å²) in [7, 11) is -4.24. The van der Waals surface area contributed by atoms with Crippen LogP contribution in [0.3, 0.4) is 0 Å². The lowest BCUT2D eigenvalue weighted by Crippen LogP contribution is -2.37. The predicted octanol–water partition coefficient (Wildman–Crippen LogP) is 3.01. The van der Waals surface area contributed by atoms with Crippen molar-refractivity contribution in [2.75, 3.05) is 16.2 Å². The molecule has 0 saturated heterocycles. The Bertz CT molecular complexity index is 1100. The maximum Gasteiger partial charge on any atom is 0.327 e. The number of carbonyl (C=O) groups excluding carboxylic acids is 2. The van der Waals surface area contributed by atoms with E-state index in [1.54, 1.807) is 13.8 Å². The maximum absolute atomic E-state index is 13.4. The first kappa shape index (κ1) is 23.8. The minimum absolute atomic E-state index is 0.109. The minimum Gasteiger partial charge on any atom is -0.462 e. The van der Waals surface area contributed by atoms with Gasteiger partial charge in [-0.05, 0) is 56.7 Å². The summed E-state index contributed by atoms with van der Waals surface area (Å²) < 4.78 is 32.7. The fourth-order valence-corrected chi connectivity index (χ4v) is 4.26. The van der Waals surface area contributed by atoms with Crippen LogP contribution in [0.15, 0.2) is 47.4 Å². The number of anilines is 2. The highest BCUT2D eigenvalue weighted by Gasteiger charge is 2.30. The summed E-state index contributed by atoms with van der Waals surface area (Å²) >= 11 is 0. The van der Waals surface area contributed by atoms with Crippen molar-refractivity contribution in [3.05, 3.63) is 58.1 Å². The number of hydrogen-bond donors (Lipinski definition) is 1. The molecular weight excluding hydrogens is 426 g/mol. The van der Waals surface area contributed by atoms with E-state index in [4.69, 9.17) is 4.74 Å². The van der Waals surface area contributed by atoms with Crippen LogP contribution >= 0.6 is 0 Å². The smallest absolute Gasteiger partial charge is 0.327 e. The zero-order valence-corrected chi connectivity index (χ0v) is 18.3. The normalized spacial score (nSPS) is 11.1. The number of nitro benzene ring substituents is 1. The number of aryl methyl sites for hydroxylation is 1. The van der Waals surface area contributed by atoms with Crippen molar-refractivity contribution in [2.24, 2.45) is 0 Å². The first-order valence-electron chi connectivity index (χ1n) is 9.26. The molecule has 1 amide bonds. The van der Waals surface area contributed by atoms with E-state index >= 15 is 0 Å². The van der Waals surface area contributed by atoms with E-state index in [-0.39, 0.29) is 22.2 Å². The number of sulfonamides is 1. The second kappa shape index (κ2) is 9.56. The molecule has 0 aliphatic carbocycles.